The van der Waals surface area contributed by atoms with E-state index in [4.69, 9.17) is 10.5 Å². The number of hydrogen-bond acceptors (Lipinski definition) is 4. The van der Waals surface area contributed by atoms with Gasteiger partial charge in [0, 0.05) is 19.2 Å². The monoisotopic (exact) mass is 264 g/mol. The lowest BCUT2D eigenvalue weighted by Crippen LogP contribution is -2.55. The Kier molecular flexibility index (Phi) is 3.78. The molecule has 2 rings (SSSR count). The summed E-state index contributed by atoms with van der Waals surface area (Å²) in [6, 6.07) is 6.76. The smallest absolute Gasteiger partial charge is 0.245 e. The van der Waals surface area contributed by atoms with E-state index < -0.39 is 5.54 Å². The number of para-hydroxylation sites is 1. The quantitative estimate of drug-likeness (QED) is 0.855. The molecule has 0 radical (unpaired) electrons. The number of hydrogen-bond donors (Lipinski definition) is 2. The summed E-state index contributed by atoms with van der Waals surface area (Å²) >= 11 is 0. The van der Waals surface area contributed by atoms with Crippen LogP contribution in [0.5, 0.6) is 5.75 Å². The number of amides is 1. The van der Waals surface area contributed by atoms with E-state index in [9.17, 15) is 9.90 Å². The predicted molar refractivity (Wildman–Crippen MR) is 71.6 cm³/mol. The summed E-state index contributed by atoms with van der Waals surface area (Å²) in [5.41, 5.74) is 5.85. The van der Waals surface area contributed by atoms with Gasteiger partial charge in [-0.25, -0.2) is 0 Å². The van der Waals surface area contributed by atoms with Gasteiger partial charge in [0.05, 0.1) is 12.6 Å². The first kappa shape index (κ1) is 13.8. The maximum absolute atomic E-state index is 12.4. The first-order valence-corrected chi connectivity index (χ1v) is 6.37. The summed E-state index contributed by atoms with van der Waals surface area (Å²) < 4.78 is 5.22. The SMILES string of the molecule is CC(c1ccccc1O)N(C)C(=O)C1(N)CCOC1. The first-order valence-electron chi connectivity index (χ1n) is 6.37. The van der Waals surface area contributed by atoms with Crippen LogP contribution in [-0.4, -0.2) is 41.7 Å². The molecule has 5 nitrogen and oxygen atoms in total. The third-order valence-electron chi connectivity index (χ3n) is 3.77. The summed E-state index contributed by atoms with van der Waals surface area (Å²) in [6.45, 7) is 2.64. The maximum atomic E-state index is 12.4. The lowest BCUT2D eigenvalue weighted by atomic mass is 9.96. The summed E-state index contributed by atoms with van der Waals surface area (Å²) in [5.74, 6) is 0.0316. The molecule has 1 aliphatic heterocycles. The highest BCUT2D eigenvalue weighted by atomic mass is 16.5. The van der Waals surface area contributed by atoms with Crippen LogP contribution < -0.4 is 5.73 Å². The van der Waals surface area contributed by atoms with Crippen molar-refractivity contribution in [2.45, 2.75) is 24.9 Å². The van der Waals surface area contributed by atoms with Crippen LogP contribution in [0.3, 0.4) is 0 Å². The third-order valence-corrected chi connectivity index (χ3v) is 3.77. The van der Waals surface area contributed by atoms with Crippen LogP contribution in [0.1, 0.15) is 24.9 Å². The van der Waals surface area contributed by atoms with Crippen LogP contribution in [0.25, 0.3) is 0 Å². The van der Waals surface area contributed by atoms with E-state index in [0.717, 1.165) is 0 Å². The minimum absolute atomic E-state index is 0.152. The highest BCUT2D eigenvalue weighted by Gasteiger charge is 2.41. The lowest BCUT2D eigenvalue weighted by molar-refractivity contribution is -0.137. The second kappa shape index (κ2) is 5.19. The van der Waals surface area contributed by atoms with Gasteiger partial charge < -0.3 is 20.5 Å². The third kappa shape index (κ3) is 2.57. The van der Waals surface area contributed by atoms with E-state index in [2.05, 4.69) is 0 Å². The highest BCUT2D eigenvalue weighted by Crippen LogP contribution is 2.29. The molecule has 104 valence electrons. The number of carbonyl (C=O) groups is 1. The molecule has 5 heteroatoms. The van der Waals surface area contributed by atoms with Gasteiger partial charge in [-0.3, -0.25) is 4.79 Å². The predicted octanol–water partition coefficient (Wildman–Crippen LogP) is 1.03. The van der Waals surface area contributed by atoms with E-state index in [1.54, 1.807) is 30.1 Å². The second-order valence-electron chi connectivity index (χ2n) is 5.11. The van der Waals surface area contributed by atoms with E-state index in [1.165, 1.54) is 0 Å². The van der Waals surface area contributed by atoms with E-state index in [1.807, 2.05) is 13.0 Å². The van der Waals surface area contributed by atoms with E-state index >= 15 is 0 Å². The van der Waals surface area contributed by atoms with Crippen LogP contribution in [-0.2, 0) is 9.53 Å². The van der Waals surface area contributed by atoms with Crippen molar-refractivity contribution in [2.24, 2.45) is 5.73 Å². The van der Waals surface area contributed by atoms with Crippen molar-refractivity contribution in [3.8, 4) is 5.75 Å². The number of rotatable bonds is 3. The van der Waals surface area contributed by atoms with Crippen molar-refractivity contribution in [1.82, 2.24) is 4.90 Å². The molecule has 0 spiro atoms. The minimum atomic E-state index is -0.937. The molecular weight excluding hydrogens is 244 g/mol. The fourth-order valence-electron chi connectivity index (χ4n) is 2.33. The second-order valence-corrected chi connectivity index (χ2v) is 5.11. The summed E-state index contributed by atoms with van der Waals surface area (Å²) in [5, 5.41) is 9.85. The van der Waals surface area contributed by atoms with Gasteiger partial charge >= 0.3 is 0 Å². The normalized spacial score (nSPS) is 24.2. The maximum Gasteiger partial charge on any atom is 0.245 e. The molecule has 0 saturated carbocycles. The molecule has 1 heterocycles. The summed E-state index contributed by atoms with van der Waals surface area (Å²) in [6.07, 6.45) is 0.531. The molecule has 2 atom stereocenters. The molecule has 0 bridgehead atoms. The number of phenols is 1. The van der Waals surface area contributed by atoms with Gasteiger partial charge in [-0.2, -0.15) is 0 Å². The number of aromatic hydroxyl groups is 1. The summed E-state index contributed by atoms with van der Waals surface area (Å²) in [4.78, 5) is 14.0. The zero-order valence-corrected chi connectivity index (χ0v) is 11.3. The number of phenolic OH excluding ortho intramolecular Hbond substituents is 1. The van der Waals surface area contributed by atoms with Crippen molar-refractivity contribution >= 4 is 5.91 Å². The van der Waals surface area contributed by atoms with Gasteiger partial charge in [0.2, 0.25) is 5.91 Å². The van der Waals surface area contributed by atoms with Crippen molar-refractivity contribution in [2.75, 3.05) is 20.3 Å². The van der Waals surface area contributed by atoms with Gasteiger partial charge in [-0.1, -0.05) is 18.2 Å². The molecule has 1 saturated heterocycles. The lowest BCUT2D eigenvalue weighted by Gasteiger charge is -2.32. The number of carbonyl (C=O) groups excluding carboxylic acids is 1. The molecule has 19 heavy (non-hydrogen) atoms. The molecule has 1 amide bonds. The summed E-state index contributed by atoms with van der Waals surface area (Å²) in [7, 11) is 1.70. The van der Waals surface area contributed by atoms with Crippen molar-refractivity contribution < 1.29 is 14.6 Å². The Bertz CT molecular complexity index is 470. The molecule has 1 aromatic rings. The van der Waals surface area contributed by atoms with Crippen LogP contribution in [0.15, 0.2) is 24.3 Å². The zero-order valence-electron chi connectivity index (χ0n) is 11.3. The van der Waals surface area contributed by atoms with Crippen molar-refractivity contribution in [3.63, 3.8) is 0 Å². The Morgan fingerprint density at radius 3 is 2.79 bits per heavy atom. The topological polar surface area (TPSA) is 75.8 Å². The molecule has 1 aliphatic rings. The van der Waals surface area contributed by atoms with Crippen LogP contribution >= 0.6 is 0 Å². The molecule has 2 unspecified atom stereocenters. The largest absolute Gasteiger partial charge is 0.508 e. The van der Waals surface area contributed by atoms with Crippen molar-refractivity contribution in [1.29, 1.82) is 0 Å². The average Bonchev–Trinajstić information content (AvgIpc) is 2.85. The molecular formula is C14H20N2O3. The standard InChI is InChI=1S/C14H20N2O3/c1-10(11-5-3-4-6-12(11)17)16(2)13(18)14(15)7-8-19-9-14/h3-6,10,17H,7-9,15H2,1-2H3. The molecule has 1 fully saturated rings. The Morgan fingerprint density at radius 1 is 1.53 bits per heavy atom. The number of ether oxygens (including phenoxy) is 1. The van der Waals surface area contributed by atoms with Crippen LogP contribution in [0, 0.1) is 0 Å². The van der Waals surface area contributed by atoms with Gasteiger partial charge in [0.15, 0.2) is 0 Å². The highest BCUT2D eigenvalue weighted by molar-refractivity contribution is 5.86. The number of likely N-dealkylation sites (N-methyl/N-ethyl adjacent to an activating group) is 1. The number of nitrogens with two attached hydrogens (primary N) is 1. The van der Waals surface area contributed by atoms with Crippen LogP contribution in [0.2, 0.25) is 0 Å². The van der Waals surface area contributed by atoms with Gasteiger partial charge in [-0.05, 0) is 19.4 Å². The van der Waals surface area contributed by atoms with Gasteiger partial charge in [0.25, 0.3) is 0 Å². The van der Waals surface area contributed by atoms with Crippen molar-refractivity contribution in [3.05, 3.63) is 29.8 Å². The number of nitrogens with zero attached hydrogens (tertiary/aromatic N) is 1. The Balaban J connectivity index is 2.17. The minimum Gasteiger partial charge on any atom is -0.508 e. The molecule has 0 aromatic heterocycles. The zero-order chi connectivity index (χ0) is 14.0. The Labute approximate surface area is 113 Å². The molecule has 3 N–H and O–H groups in total. The van der Waals surface area contributed by atoms with E-state index in [0.29, 0.717) is 18.6 Å². The molecule has 1 aromatic carbocycles. The van der Waals surface area contributed by atoms with Gasteiger partial charge in [0.1, 0.15) is 11.3 Å². The molecule has 0 aliphatic carbocycles. The van der Waals surface area contributed by atoms with E-state index in [-0.39, 0.29) is 24.3 Å². The Morgan fingerprint density at radius 2 is 2.21 bits per heavy atom. The fourth-order valence-corrected chi connectivity index (χ4v) is 2.33. The average molecular weight is 264 g/mol. The fraction of sp³-hybridized carbons (Fsp3) is 0.500. The van der Waals surface area contributed by atoms with Gasteiger partial charge in [-0.15, -0.1) is 0 Å². The Hall–Kier alpha value is -1.59. The van der Waals surface area contributed by atoms with Crippen LogP contribution in [0.4, 0.5) is 0 Å². The first-order chi connectivity index (χ1) is 8.96. The number of benzene rings is 1.